The maximum atomic E-state index is 11.3. The molecular weight excluding hydrogens is 172 g/mol. The Morgan fingerprint density at radius 1 is 1.69 bits per heavy atom. The van der Waals surface area contributed by atoms with E-state index in [-0.39, 0.29) is 18.6 Å². The minimum Gasteiger partial charge on any atom is -0.391 e. The Kier molecular flexibility index (Phi) is 4.14. The first kappa shape index (κ1) is 10.4. The number of β-amino-alcohol motifs (C(OH)–C–C–N with tert-alkyl or cyclic N) is 1. The standard InChI is InChI=1S/C8H16N2O3/c9-2-4-13-6-8(12)10-3-1-7(11)5-10/h7,11H,1-6,9H2. The van der Waals surface area contributed by atoms with Crippen LogP contribution in [0.3, 0.4) is 0 Å². The molecule has 1 heterocycles. The highest BCUT2D eigenvalue weighted by atomic mass is 16.5. The van der Waals surface area contributed by atoms with Crippen molar-refractivity contribution in [2.75, 3.05) is 32.8 Å². The van der Waals surface area contributed by atoms with Crippen molar-refractivity contribution in [3.63, 3.8) is 0 Å². The predicted octanol–water partition coefficient (Wildman–Crippen LogP) is -1.45. The van der Waals surface area contributed by atoms with Gasteiger partial charge in [-0.15, -0.1) is 0 Å². The minimum atomic E-state index is -0.363. The van der Waals surface area contributed by atoms with Crippen molar-refractivity contribution in [2.24, 2.45) is 5.73 Å². The second-order valence-electron chi connectivity index (χ2n) is 3.12. The van der Waals surface area contributed by atoms with Crippen molar-refractivity contribution >= 4 is 5.91 Å². The van der Waals surface area contributed by atoms with Crippen LogP contribution in [-0.2, 0) is 9.53 Å². The number of amides is 1. The second-order valence-corrected chi connectivity index (χ2v) is 3.12. The number of nitrogens with two attached hydrogens (primary N) is 1. The molecule has 3 N–H and O–H groups in total. The molecule has 0 aromatic carbocycles. The number of nitrogens with zero attached hydrogens (tertiary/aromatic N) is 1. The molecule has 1 unspecified atom stereocenters. The minimum absolute atomic E-state index is 0.0648. The van der Waals surface area contributed by atoms with E-state index in [1.54, 1.807) is 4.90 Å². The summed E-state index contributed by atoms with van der Waals surface area (Å²) in [5.41, 5.74) is 5.20. The summed E-state index contributed by atoms with van der Waals surface area (Å²) in [6.07, 6.45) is 0.307. The monoisotopic (exact) mass is 188 g/mol. The van der Waals surface area contributed by atoms with Gasteiger partial charge in [0.2, 0.25) is 5.91 Å². The first-order valence-electron chi connectivity index (χ1n) is 4.47. The molecule has 0 saturated carbocycles. The van der Waals surface area contributed by atoms with Crippen molar-refractivity contribution in [1.82, 2.24) is 4.90 Å². The van der Waals surface area contributed by atoms with Gasteiger partial charge in [-0.25, -0.2) is 0 Å². The van der Waals surface area contributed by atoms with Gasteiger partial charge in [0, 0.05) is 19.6 Å². The number of likely N-dealkylation sites (tertiary alicyclic amines) is 1. The van der Waals surface area contributed by atoms with Gasteiger partial charge in [0.1, 0.15) is 6.61 Å². The fraction of sp³-hybridized carbons (Fsp3) is 0.875. The third-order valence-electron chi connectivity index (χ3n) is 2.00. The Labute approximate surface area is 77.5 Å². The molecule has 5 heteroatoms. The Morgan fingerprint density at radius 3 is 3.00 bits per heavy atom. The Hall–Kier alpha value is -0.650. The lowest BCUT2D eigenvalue weighted by Gasteiger charge is -2.14. The van der Waals surface area contributed by atoms with Crippen LogP contribution in [0, 0.1) is 0 Å². The van der Waals surface area contributed by atoms with E-state index in [2.05, 4.69) is 0 Å². The summed E-state index contributed by atoms with van der Waals surface area (Å²) in [5, 5.41) is 9.17. The number of hydrogen-bond acceptors (Lipinski definition) is 4. The number of hydrogen-bond donors (Lipinski definition) is 2. The van der Waals surface area contributed by atoms with Crippen LogP contribution in [-0.4, -0.2) is 54.9 Å². The summed E-state index contributed by atoms with van der Waals surface area (Å²) in [4.78, 5) is 12.9. The van der Waals surface area contributed by atoms with Gasteiger partial charge in [-0.1, -0.05) is 0 Å². The third-order valence-corrected chi connectivity index (χ3v) is 2.00. The first-order valence-corrected chi connectivity index (χ1v) is 4.47. The summed E-state index contributed by atoms with van der Waals surface area (Å²) < 4.78 is 4.99. The van der Waals surface area contributed by atoms with Crippen LogP contribution < -0.4 is 5.73 Å². The van der Waals surface area contributed by atoms with Crippen molar-refractivity contribution < 1.29 is 14.6 Å². The van der Waals surface area contributed by atoms with Crippen molar-refractivity contribution in [3.05, 3.63) is 0 Å². The fourth-order valence-electron chi connectivity index (χ4n) is 1.30. The quantitative estimate of drug-likeness (QED) is 0.529. The predicted molar refractivity (Wildman–Crippen MR) is 47.1 cm³/mol. The second kappa shape index (κ2) is 5.16. The Bertz CT molecular complexity index is 175. The summed E-state index contributed by atoms with van der Waals surface area (Å²) in [7, 11) is 0. The number of carbonyl (C=O) groups excluding carboxylic acids is 1. The molecule has 0 aromatic heterocycles. The molecule has 0 aromatic rings. The van der Waals surface area contributed by atoms with Gasteiger partial charge in [-0.3, -0.25) is 4.79 Å². The van der Waals surface area contributed by atoms with Crippen LogP contribution in [0.15, 0.2) is 0 Å². The summed E-state index contributed by atoms with van der Waals surface area (Å²) in [6, 6.07) is 0. The fourth-order valence-corrected chi connectivity index (χ4v) is 1.30. The molecule has 1 aliphatic rings. The average Bonchev–Trinajstić information content (AvgIpc) is 2.52. The van der Waals surface area contributed by atoms with Gasteiger partial charge in [0.15, 0.2) is 0 Å². The van der Waals surface area contributed by atoms with Crippen LogP contribution >= 0.6 is 0 Å². The van der Waals surface area contributed by atoms with E-state index in [1.165, 1.54) is 0 Å². The molecule has 0 spiro atoms. The molecule has 1 atom stereocenters. The van der Waals surface area contributed by atoms with Gasteiger partial charge in [-0.05, 0) is 6.42 Å². The SMILES string of the molecule is NCCOCC(=O)N1CCC(O)C1. The average molecular weight is 188 g/mol. The lowest BCUT2D eigenvalue weighted by Crippen LogP contribution is -2.33. The van der Waals surface area contributed by atoms with Crippen molar-refractivity contribution in [1.29, 1.82) is 0 Å². The summed E-state index contributed by atoms with van der Waals surface area (Å²) >= 11 is 0. The lowest BCUT2D eigenvalue weighted by molar-refractivity contribution is -0.135. The highest BCUT2D eigenvalue weighted by Crippen LogP contribution is 2.08. The number of rotatable bonds is 4. The molecule has 76 valence electrons. The van der Waals surface area contributed by atoms with Crippen LogP contribution in [0.25, 0.3) is 0 Å². The van der Waals surface area contributed by atoms with E-state index in [0.717, 1.165) is 0 Å². The van der Waals surface area contributed by atoms with E-state index in [0.29, 0.717) is 32.7 Å². The molecule has 1 aliphatic heterocycles. The molecule has 0 bridgehead atoms. The first-order chi connectivity index (χ1) is 6.24. The molecule has 5 nitrogen and oxygen atoms in total. The van der Waals surface area contributed by atoms with E-state index >= 15 is 0 Å². The van der Waals surface area contributed by atoms with Gasteiger partial charge >= 0.3 is 0 Å². The van der Waals surface area contributed by atoms with Crippen LogP contribution in [0.2, 0.25) is 0 Å². The van der Waals surface area contributed by atoms with Gasteiger partial charge in [-0.2, -0.15) is 0 Å². The maximum Gasteiger partial charge on any atom is 0.248 e. The Morgan fingerprint density at radius 2 is 2.46 bits per heavy atom. The normalized spacial score (nSPS) is 22.3. The smallest absolute Gasteiger partial charge is 0.248 e. The molecule has 1 amide bonds. The number of aliphatic hydroxyl groups excluding tert-OH is 1. The largest absolute Gasteiger partial charge is 0.391 e. The van der Waals surface area contributed by atoms with Gasteiger partial charge in [0.25, 0.3) is 0 Å². The van der Waals surface area contributed by atoms with Crippen LogP contribution in [0.5, 0.6) is 0 Å². The zero-order chi connectivity index (χ0) is 9.68. The van der Waals surface area contributed by atoms with E-state index < -0.39 is 0 Å². The van der Waals surface area contributed by atoms with Gasteiger partial charge < -0.3 is 20.5 Å². The topological polar surface area (TPSA) is 75.8 Å². The molecule has 1 fully saturated rings. The number of ether oxygens (including phenoxy) is 1. The molecule has 0 radical (unpaired) electrons. The highest BCUT2D eigenvalue weighted by molar-refractivity contribution is 5.77. The van der Waals surface area contributed by atoms with E-state index in [1.807, 2.05) is 0 Å². The summed E-state index contributed by atoms with van der Waals surface area (Å²) in [5.74, 6) is -0.0648. The molecule has 1 rings (SSSR count). The zero-order valence-electron chi connectivity index (χ0n) is 7.61. The zero-order valence-corrected chi connectivity index (χ0v) is 7.61. The van der Waals surface area contributed by atoms with Gasteiger partial charge in [0.05, 0.1) is 12.7 Å². The lowest BCUT2D eigenvalue weighted by atomic mass is 10.3. The molecule has 0 aliphatic carbocycles. The summed E-state index contributed by atoms with van der Waals surface area (Å²) in [6.45, 7) is 1.97. The molecular formula is C8H16N2O3. The molecule has 13 heavy (non-hydrogen) atoms. The molecule has 1 saturated heterocycles. The van der Waals surface area contributed by atoms with Crippen molar-refractivity contribution in [2.45, 2.75) is 12.5 Å². The maximum absolute atomic E-state index is 11.3. The number of carbonyl (C=O) groups is 1. The van der Waals surface area contributed by atoms with Crippen LogP contribution in [0.1, 0.15) is 6.42 Å². The van der Waals surface area contributed by atoms with Crippen LogP contribution in [0.4, 0.5) is 0 Å². The Balaban J connectivity index is 2.16. The van der Waals surface area contributed by atoms with E-state index in [4.69, 9.17) is 15.6 Å². The highest BCUT2D eigenvalue weighted by Gasteiger charge is 2.23. The third kappa shape index (κ3) is 3.30. The van der Waals surface area contributed by atoms with Crippen molar-refractivity contribution in [3.8, 4) is 0 Å². The van der Waals surface area contributed by atoms with E-state index in [9.17, 15) is 4.79 Å². The number of aliphatic hydroxyl groups is 1.